The van der Waals surface area contributed by atoms with Crippen LogP contribution >= 0.6 is 0 Å². The van der Waals surface area contributed by atoms with E-state index >= 15 is 0 Å². The quantitative estimate of drug-likeness (QED) is 0.104. The maximum absolute atomic E-state index is 13.1. The molecule has 9 aromatic rings. The Morgan fingerprint density at radius 1 is 0.444 bits per heavy atom. The van der Waals surface area contributed by atoms with Crippen molar-refractivity contribution in [2.24, 2.45) is 0 Å². The molecule has 0 atom stereocenters. The highest BCUT2D eigenvalue weighted by Gasteiger charge is 2.27. The lowest BCUT2D eigenvalue weighted by Crippen LogP contribution is -2.12. The van der Waals surface area contributed by atoms with Gasteiger partial charge in [-0.3, -0.25) is 0 Å². The highest BCUT2D eigenvalue weighted by Crippen LogP contribution is 2.53. The van der Waals surface area contributed by atoms with Gasteiger partial charge in [-0.05, 0) is 133 Å². The topological polar surface area (TPSA) is 26.3 Å². The molecule has 0 amide bonds. The van der Waals surface area contributed by atoms with Crippen molar-refractivity contribution in [3.05, 3.63) is 156 Å². The van der Waals surface area contributed by atoms with Crippen molar-refractivity contribution >= 4 is 59.8 Å². The molecule has 0 aliphatic carbocycles. The van der Waals surface area contributed by atoms with Crippen molar-refractivity contribution in [3.8, 4) is 33.4 Å². The van der Waals surface area contributed by atoms with Crippen LogP contribution in [0.25, 0.3) is 87.2 Å². The van der Waals surface area contributed by atoms with E-state index in [1.165, 1.54) is 83.4 Å². The van der Waals surface area contributed by atoms with Crippen LogP contribution in [0, 0.1) is 0 Å². The summed E-state index contributed by atoms with van der Waals surface area (Å²) in [6.07, 6.45) is 0. The number of benzene rings is 9. The molecule has 264 valence electrons. The zero-order chi connectivity index (χ0) is 37.5. The minimum atomic E-state index is -0.342. The lowest BCUT2D eigenvalue weighted by Gasteiger charge is -2.27. The smallest absolute Gasteiger partial charge is 0.338 e. The summed E-state index contributed by atoms with van der Waals surface area (Å²) in [4.78, 5) is 13.1. The Balaban J connectivity index is 1.62. The van der Waals surface area contributed by atoms with E-state index in [9.17, 15) is 4.79 Å². The third-order valence-corrected chi connectivity index (χ3v) is 11.4. The summed E-state index contributed by atoms with van der Waals surface area (Å²) in [5.41, 5.74) is 9.66. The maximum atomic E-state index is 13.1. The fourth-order valence-corrected chi connectivity index (χ4v) is 8.62. The third kappa shape index (κ3) is 5.27. The third-order valence-electron chi connectivity index (χ3n) is 11.4. The van der Waals surface area contributed by atoms with E-state index in [2.05, 4.69) is 157 Å². The van der Waals surface area contributed by atoms with Crippen LogP contribution in [0.4, 0.5) is 0 Å². The van der Waals surface area contributed by atoms with Crippen molar-refractivity contribution < 1.29 is 9.53 Å². The summed E-state index contributed by atoms with van der Waals surface area (Å²) in [5.74, 6) is -0.342. The Morgan fingerprint density at radius 3 is 1.43 bits per heavy atom. The van der Waals surface area contributed by atoms with Gasteiger partial charge in [0.2, 0.25) is 0 Å². The fraction of sp³-hybridized carbons (Fsp3) is 0.173. The van der Waals surface area contributed by atoms with E-state index in [0.717, 1.165) is 22.1 Å². The van der Waals surface area contributed by atoms with Crippen LogP contribution in [0.15, 0.2) is 140 Å². The molecular weight excluding hydrogens is 657 g/mol. The lowest BCUT2D eigenvalue weighted by molar-refractivity contribution is 0.0601. The highest BCUT2D eigenvalue weighted by molar-refractivity contribution is 6.41. The predicted octanol–water partition coefficient (Wildman–Crippen LogP) is 14.3. The molecule has 0 fully saturated rings. The van der Waals surface area contributed by atoms with E-state index in [-0.39, 0.29) is 16.8 Å². The lowest BCUT2D eigenvalue weighted by atomic mass is 9.76. The van der Waals surface area contributed by atoms with Gasteiger partial charge in [-0.25, -0.2) is 4.79 Å². The number of esters is 1. The van der Waals surface area contributed by atoms with Gasteiger partial charge >= 0.3 is 5.97 Å². The first-order valence-corrected chi connectivity index (χ1v) is 18.9. The minimum Gasteiger partial charge on any atom is -0.465 e. The van der Waals surface area contributed by atoms with Crippen LogP contribution in [-0.4, -0.2) is 13.1 Å². The monoisotopic (exact) mass is 700 g/mol. The molecule has 2 nitrogen and oxygen atoms in total. The van der Waals surface area contributed by atoms with Crippen LogP contribution in [-0.2, 0) is 15.6 Å². The Morgan fingerprint density at radius 2 is 0.926 bits per heavy atom. The summed E-state index contributed by atoms with van der Waals surface area (Å²) in [6.45, 7) is 13.9. The summed E-state index contributed by atoms with van der Waals surface area (Å²) in [6, 6.07) is 50.8. The van der Waals surface area contributed by atoms with Gasteiger partial charge in [0.05, 0.1) is 12.7 Å². The number of hydrogen-bond donors (Lipinski definition) is 0. The fourth-order valence-electron chi connectivity index (χ4n) is 8.62. The summed E-state index contributed by atoms with van der Waals surface area (Å²) >= 11 is 0. The van der Waals surface area contributed by atoms with Gasteiger partial charge in [-0.1, -0.05) is 157 Å². The van der Waals surface area contributed by atoms with Crippen LogP contribution in [0.5, 0.6) is 0 Å². The van der Waals surface area contributed by atoms with Crippen molar-refractivity contribution in [3.63, 3.8) is 0 Å². The second kappa shape index (κ2) is 12.3. The number of carbonyl (C=O) groups excluding carboxylic acids is 1. The van der Waals surface area contributed by atoms with Crippen molar-refractivity contribution in [1.29, 1.82) is 0 Å². The van der Waals surface area contributed by atoms with Crippen LogP contribution < -0.4 is 0 Å². The Bertz CT molecular complexity index is 2920. The van der Waals surface area contributed by atoms with E-state index in [4.69, 9.17) is 4.74 Å². The molecule has 0 saturated heterocycles. The van der Waals surface area contributed by atoms with Crippen LogP contribution in [0.2, 0.25) is 0 Å². The average Bonchev–Trinajstić information content (AvgIpc) is 3.18. The molecule has 0 N–H and O–H groups in total. The van der Waals surface area contributed by atoms with Gasteiger partial charge in [-0.15, -0.1) is 0 Å². The molecule has 0 aromatic heterocycles. The van der Waals surface area contributed by atoms with Crippen molar-refractivity contribution in [1.82, 2.24) is 0 Å². The first-order chi connectivity index (χ1) is 25.9. The van der Waals surface area contributed by atoms with Gasteiger partial charge in [0.15, 0.2) is 0 Å². The van der Waals surface area contributed by atoms with Gasteiger partial charge < -0.3 is 4.74 Å². The number of fused-ring (bicyclic) bond motifs is 4. The molecule has 0 heterocycles. The second-order valence-electron chi connectivity index (χ2n) is 16.8. The molecule has 0 aliphatic heterocycles. The Labute approximate surface area is 317 Å². The first kappa shape index (κ1) is 33.8. The molecule has 0 bridgehead atoms. The average molecular weight is 701 g/mol. The molecular formula is C52H44O2. The van der Waals surface area contributed by atoms with Gasteiger partial charge in [-0.2, -0.15) is 0 Å². The normalized spacial score (nSPS) is 12.4. The minimum absolute atomic E-state index is 0.0515. The number of methoxy groups -OCH3 is 1. The molecule has 2 heteroatoms. The van der Waals surface area contributed by atoms with Crippen molar-refractivity contribution in [2.75, 3.05) is 7.11 Å². The standard InChI is InChI=1S/C52H44O2/c1-51(2,3)36-26-34-22-23-35-27-37(52(4,5)6)30-43-47(35)46(34)42(29-36)48-44(31-16-10-8-11-17-31)39-25-24-33(38-20-14-15-21-40(38)50(53)54-7)28-41(39)45(49(43)48)32-18-12-9-13-19-32/h8-30H,1-7H3. The zero-order valence-corrected chi connectivity index (χ0v) is 32.1. The predicted molar refractivity (Wildman–Crippen MR) is 230 cm³/mol. The van der Waals surface area contributed by atoms with Crippen LogP contribution in [0.3, 0.4) is 0 Å². The van der Waals surface area contributed by atoms with Gasteiger partial charge in [0.1, 0.15) is 0 Å². The number of rotatable bonds is 4. The molecule has 0 unspecified atom stereocenters. The molecule has 0 radical (unpaired) electrons. The van der Waals surface area contributed by atoms with Gasteiger partial charge in [0, 0.05) is 0 Å². The molecule has 0 saturated carbocycles. The zero-order valence-electron chi connectivity index (χ0n) is 32.1. The summed E-state index contributed by atoms with van der Waals surface area (Å²) in [7, 11) is 1.45. The number of hydrogen-bond acceptors (Lipinski definition) is 2. The van der Waals surface area contributed by atoms with Crippen molar-refractivity contribution in [2.45, 2.75) is 52.4 Å². The van der Waals surface area contributed by atoms with E-state index in [1.807, 2.05) is 24.3 Å². The van der Waals surface area contributed by atoms with Crippen LogP contribution in [0.1, 0.15) is 63.0 Å². The molecule has 0 aliphatic rings. The Hall–Kier alpha value is -5.99. The molecule has 9 rings (SSSR count). The molecule has 0 spiro atoms. The largest absolute Gasteiger partial charge is 0.465 e. The maximum Gasteiger partial charge on any atom is 0.338 e. The number of carbonyl (C=O) groups is 1. The summed E-state index contributed by atoms with van der Waals surface area (Å²) < 4.78 is 5.26. The Kier molecular flexibility index (Phi) is 7.69. The molecule has 9 aromatic carbocycles. The van der Waals surface area contributed by atoms with E-state index in [0.29, 0.717) is 5.56 Å². The summed E-state index contributed by atoms with van der Waals surface area (Å²) in [5, 5.41) is 12.6. The van der Waals surface area contributed by atoms with E-state index < -0.39 is 0 Å². The number of ether oxygens (including phenoxy) is 1. The molecule has 54 heavy (non-hydrogen) atoms. The SMILES string of the molecule is COC(=O)c1ccccc1-c1ccc2c(-c3ccccc3)c3c4cc(C(C)(C)C)cc5ccc6cc(C(C)(C)C)cc(c3c(-c3ccccc3)c2c1)c6c54. The second-order valence-corrected chi connectivity index (χ2v) is 16.8. The highest BCUT2D eigenvalue weighted by atomic mass is 16.5. The van der Waals surface area contributed by atoms with Gasteiger partial charge in [0.25, 0.3) is 0 Å². The first-order valence-electron chi connectivity index (χ1n) is 18.9. The van der Waals surface area contributed by atoms with E-state index in [1.54, 1.807) is 0 Å².